The lowest BCUT2D eigenvalue weighted by Crippen LogP contribution is -2.55. The first-order chi connectivity index (χ1) is 8.84. The van der Waals surface area contributed by atoms with Crippen LogP contribution in [-0.2, 0) is 4.79 Å². The van der Waals surface area contributed by atoms with Crippen molar-refractivity contribution in [2.75, 3.05) is 6.54 Å². The Morgan fingerprint density at radius 1 is 1.26 bits per heavy atom. The van der Waals surface area contributed by atoms with Crippen LogP contribution in [0.1, 0.15) is 53.4 Å². The number of carbonyl (C=O) groups is 2. The summed E-state index contributed by atoms with van der Waals surface area (Å²) in [5, 5.41) is 8.79. The Morgan fingerprint density at radius 2 is 1.79 bits per heavy atom. The SMILES string of the molecule is CC(C)N(CCC(=O)O)C(=O)N1[C@H](C)CCC[C@@H]1C. The molecule has 0 saturated carbocycles. The van der Waals surface area contributed by atoms with Crippen LogP contribution in [0.4, 0.5) is 4.79 Å². The average molecular weight is 270 g/mol. The van der Waals surface area contributed by atoms with Crippen molar-refractivity contribution in [2.45, 2.75) is 71.5 Å². The van der Waals surface area contributed by atoms with Crippen molar-refractivity contribution in [1.29, 1.82) is 0 Å². The number of urea groups is 1. The number of hydrogen-bond donors (Lipinski definition) is 1. The number of nitrogens with zero attached hydrogens (tertiary/aromatic N) is 2. The van der Waals surface area contributed by atoms with E-state index in [9.17, 15) is 9.59 Å². The largest absolute Gasteiger partial charge is 0.481 e. The number of aliphatic carboxylic acids is 1. The Morgan fingerprint density at radius 3 is 2.21 bits per heavy atom. The van der Waals surface area contributed by atoms with Gasteiger partial charge < -0.3 is 14.9 Å². The standard InChI is InChI=1S/C14H26N2O3/c1-10(2)15(9-8-13(17)18)14(19)16-11(3)6-5-7-12(16)4/h10-12H,5-9H2,1-4H3,(H,17,18)/t11-,12+. The van der Waals surface area contributed by atoms with Crippen LogP contribution in [0, 0.1) is 0 Å². The third kappa shape index (κ3) is 4.11. The van der Waals surface area contributed by atoms with E-state index in [4.69, 9.17) is 5.11 Å². The number of carbonyl (C=O) groups excluding carboxylic acids is 1. The highest BCUT2D eigenvalue weighted by Gasteiger charge is 2.32. The molecule has 0 unspecified atom stereocenters. The molecular formula is C14H26N2O3. The van der Waals surface area contributed by atoms with Crippen LogP contribution in [0.25, 0.3) is 0 Å². The van der Waals surface area contributed by atoms with Gasteiger partial charge >= 0.3 is 12.0 Å². The van der Waals surface area contributed by atoms with Crippen molar-refractivity contribution in [3.63, 3.8) is 0 Å². The van der Waals surface area contributed by atoms with Crippen LogP contribution in [0.15, 0.2) is 0 Å². The van der Waals surface area contributed by atoms with Gasteiger partial charge in [0.1, 0.15) is 0 Å². The molecule has 1 fully saturated rings. The molecule has 1 N–H and O–H groups in total. The van der Waals surface area contributed by atoms with Gasteiger partial charge in [-0.2, -0.15) is 0 Å². The maximum atomic E-state index is 12.6. The molecular weight excluding hydrogens is 244 g/mol. The topological polar surface area (TPSA) is 60.9 Å². The number of likely N-dealkylation sites (tertiary alicyclic amines) is 1. The molecule has 1 saturated heterocycles. The molecule has 0 spiro atoms. The second kappa shape index (κ2) is 6.78. The van der Waals surface area contributed by atoms with Crippen molar-refractivity contribution >= 4 is 12.0 Å². The van der Waals surface area contributed by atoms with E-state index in [1.807, 2.05) is 18.7 Å². The summed E-state index contributed by atoms with van der Waals surface area (Å²) in [7, 11) is 0. The van der Waals surface area contributed by atoms with E-state index >= 15 is 0 Å². The predicted octanol–water partition coefficient (Wildman–Crippen LogP) is 2.55. The maximum Gasteiger partial charge on any atom is 0.320 e. The summed E-state index contributed by atoms with van der Waals surface area (Å²) in [6.45, 7) is 8.28. The molecule has 2 atom stereocenters. The lowest BCUT2D eigenvalue weighted by molar-refractivity contribution is -0.137. The van der Waals surface area contributed by atoms with Gasteiger partial charge in [0.15, 0.2) is 0 Å². The summed E-state index contributed by atoms with van der Waals surface area (Å²) in [5.74, 6) is -0.863. The fourth-order valence-electron chi connectivity index (χ4n) is 2.74. The van der Waals surface area contributed by atoms with Crippen molar-refractivity contribution in [2.24, 2.45) is 0 Å². The van der Waals surface area contributed by atoms with E-state index in [1.54, 1.807) is 4.90 Å². The third-order valence-electron chi connectivity index (χ3n) is 3.85. The minimum atomic E-state index is -0.863. The molecule has 19 heavy (non-hydrogen) atoms. The number of rotatable bonds is 4. The van der Waals surface area contributed by atoms with Crippen LogP contribution >= 0.6 is 0 Å². The number of carboxylic acid groups (broad SMARTS) is 1. The normalized spacial score (nSPS) is 23.5. The van der Waals surface area contributed by atoms with Crippen LogP contribution < -0.4 is 0 Å². The highest BCUT2D eigenvalue weighted by atomic mass is 16.4. The van der Waals surface area contributed by atoms with Gasteiger partial charge in [-0.1, -0.05) is 0 Å². The Labute approximate surface area is 115 Å². The minimum absolute atomic E-state index is 0.000518. The van der Waals surface area contributed by atoms with Crippen molar-refractivity contribution in [3.05, 3.63) is 0 Å². The van der Waals surface area contributed by atoms with E-state index in [2.05, 4.69) is 13.8 Å². The molecule has 1 heterocycles. The lowest BCUT2D eigenvalue weighted by atomic mass is 9.98. The summed E-state index contributed by atoms with van der Waals surface area (Å²) in [6, 6.07) is 0.480. The zero-order valence-corrected chi connectivity index (χ0v) is 12.4. The zero-order chi connectivity index (χ0) is 14.6. The summed E-state index contributed by atoms with van der Waals surface area (Å²) in [4.78, 5) is 26.9. The highest BCUT2D eigenvalue weighted by Crippen LogP contribution is 2.24. The van der Waals surface area contributed by atoms with Gasteiger partial charge in [-0.05, 0) is 47.0 Å². The van der Waals surface area contributed by atoms with Crippen molar-refractivity contribution in [1.82, 2.24) is 9.80 Å². The highest BCUT2D eigenvalue weighted by molar-refractivity contribution is 5.76. The van der Waals surface area contributed by atoms with Gasteiger partial charge in [-0.3, -0.25) is 4.79 Å². The summed E-state index contributed by atoms with van der Waals surface area (Å²) in [5.41, 5.74) is 0. The molecule has 0 aromatic rings. The smallest absolute Gasteiger partial charge is 0.320 e. The van der Waals surface area contributed by atoms with Gasteiger partial charge in [0.2, 0.25) is 0 Å². The first-order valence-corrected chi connectivity index (χ1v) is 7.15. The Bertz CT molecular complexity index is 321. The molecule has 1 rings (SSSR count). The molecule has 1 aliphatic rings. The number of carboxylic acids is 1. The molecule has 0 bridgehead atoms. The molecule has 110 valence electrons. The van der Waals surface area contributed by atoms with Gasteiger partial charge in [0.05, 0.1) is 6.42 Å². The second-order valence-electron chi connectivity index (χ2n) is 5.75. The molecule has 0 radical (unpaired) electrons. The van der Waals surface area contributed by atoms with Gasteiger partial charge in [-0.15, -0.1) is 0 Å². The number of hydrogen-bond acceptors (Lipinski definition) is 2. The Kier molecular flexibility index (Phi) is 5.63. The van der Waals surface area contributed by atoms with E-state index in [-0.39, 0.29) is 37.1 Å². The average Bonchev–Trinajstić information content (AvgIpc) is 2.27. The van der Waals surface area contributed by atoms with Crippen LogP contribution in [-0.4, -0.2) is 51.6 Å². The molecule has 0 aliphatic carbocycles. The molecule has 5 heteroatoms. The monoisotopic (exact) mass is 270 g/mol. The van der Waals surface area contributed by atoms with Crippen molar-refractivity contribution in [3.8, 4) is 0 Å². The molecule has 5 nitrogen and oxygen atoms in total. The van der Waals surface area contributed by atoms with Crippen LogP contribution in [0.3, 0.4) is 0 Å². The second-order valence-corrected chi connectivity index (χ2v) is 5.75. The quantitative estimate of drug-likeness (QED) is 0.854. The fraction of sp³-hybridized carbons (Fsp3) is 0.857. The maximum absolute atomic E-state index is 12.6. The summed E-state index contributed by atoms with van der Waals surface area (Å²) in [6.07, 6.45) is 3.21. The first kappa shape index (κ1) is 15.8. The zero-order valence-electron chi connectivity index (χ0n) is 12.4. The summed E-state index contributed by atoms with van der Waals surface area (Å²) < 4.78 is 0. The van der Waals surface area contributed by atoms with Crippen molar-refractivity contribution < 1.29 is 14.7 Å². The van der Waals surface area contributed by atoms with Gasteiger partial charge in [0.25, 0.3) is 0 Å². The first-order valence-electron chi connectivity index (χ1n) is 7.15. The molecule has 2 amide bonds. The third-order valence-corrected chi connectivity index (χ3v) is 3.85. The lowest BCUT2D eigenvalue weighted by Gasteiger charge is -2.42. The minimum Gasteiger partial charge on any atom is -0.481 e. The Balaban J connectivity index is 2.76. The van der Waals surface area contributed by atoms with E-state index in [0.29, 0.717) is 0 Å². The van der Waals surface area contributed by atoms with Gasteiger partial charge in [0, 0.05) is 24.7 Å². The van der Waals surface area contributed by atoms with E-state index < -0.39 is 5.97 Å². The predicted molar refractivity (Wildman–Crippen MR) is 74.1 cm³/mol. The number of piperidine rings is 1. The molecule has 1 aliphatic heterocycles. The van der Waals surface area contributed by atoms with Crippen LogP contribution in [0.2, 0.25) is 0 Å². The van der Waals surface area contributed by atoms with Crippen LogP contribution in [0.5, 0.6) is 0 Å². The Hall–Kier alpha value is -1.26. The van der Waals surface area contributed by atoms with E-state index in [0.717, 1.165) is 19.3 Å². The fourth-order valence-corrected chi connectivity index (χ4v) is 2.74. The molecule has 0 aromatic heterocycles. The van der Waals surface area contributed by atoms with E-state index in [1.165, 1.54) is 0 Å². The number of amides is 2. The van der Waals surface area contributed by atoms with Gasteiger partial charge in [-0.25, -0.2) is 4.79 Å². The summed E-state index contributed by atoms with van der Waals surface area (Å²) >= 11 is 0. The molecule has 0 aromatic carbocycles.